The lowest BCUT2D eigenvalue weighted by Gasteiger charge is -2.07. The fraction of sp³-hybridized carbons (Fsp3) is 0.0217. The minimum Gasteiger partial charge on any atom is -0.355 e. The lowest BCUT2D eigenvalue weighted by molar-refractivity contribution is 1.24. The molecular weight excluding hydrogens is 721 g/mol. The molecule has 270 valence electrons. The average molecular weight is 747 g/mol. The molecule has 6 aliphatic rings. The van der Waals surface area contributed by atoms with Gasteiger partial charge >= 0.3 is 0 Å². The highest BCUT2D eigenvalue weighted by atomic mass is 15.0. The third kappa shape index (κ3) is 5.19. The maximum absolute atomic E-state index is 5.20. The lowest BCUT2D eigenvalue weighted by Crippen LogP contribution is -2.13. The van der Waals surface area contributed by atoms with Crippen LogP contribution < -0.4 is 10.7 Å². The molecule has 12 heterocycles. The van der Waals surface area contributed by atoms with Gasteiger partial charge in [0.25, 0.3) is 0 Å². The summed E-state index contributed by atoms with van der Waals surface area (Å²) in [4.78, 5) is 55.9. The SMILES string of the molecule is C1=CC2=NC1=CC1=CCC(=N1)C=C1N=C(C=c3ccc([nH]3)=C2)c2nc3cc4nc5c(nc4cc3nc21)-c1cc2ccc(cc3nc(cc4ccc(cc-5n1)[nH]4)C=C3)[nH]2. The van der Waals surface area contributed by atoms with Crippen LogP contribution in [0.5, 0.6) is 0 Å². The molecule has 58 heavy (non-hydrogen) atoms. The van der Waals surface area contributed by atoms with Crippen molar-refractivity contribution in [1.82, 2.24) is 44.9 Å². The molecule has 6 aliphatic heterocycles. The highest BCUT2D eigenvalue weighted by molar-refractivity contribution is 6.27. The zero-order chi connectivity index (χ0) is 37.9. The second kappa shape index (κ2) is 11.6. The van der Waals surface area contributed by atoms with E-state index in [4.69, 9.17) is 44.9 Å². The van der Waals surface area contributed by atoms with Crippen molar-refractivity contribution >= 4 is 91.3 Å². The Morgan fingerprint density at radius 3 is 1.74 bits per heavy atom. The van der Waals surface area contributed by atoms with Gasteiger partial charge < -0.3 is 15.0 Å². The first-order valence-corrected chi connectivity index (χ1v) is 18.9. The first-order valence-electron chi connectivity index (χ1n) is 18.9. The van der Waals surface area contributed by atoms with Crippen LogP contribution in [0.1, 0.15) is 29.2 Å². The van der Waals surface area contributed by atoms with Crippen LogP contribution in [-0.4, -0.2) is 62.0 Å². The van der Waals surface area contributed by atoms with E-state index in [1.54, 1.807) is 0 Å². The molecule has 0 atom stereocenters. The van der Waals surface area contributed by atoms with Crippen molar-refractivity contribution in [3.05, 3.63) is 148 Å². The number of benzene rings is 1. The third-order valence-corrected chi connectivity index (χ3v) is 10.6. The Hall–Kier alpha value is -8.25. The molecule has 1 aromatic carbocycles. The van der Waals surface area contributed by atoms with Gasteiger partial charge in [0, 0.05) is 44.9 Å². The number of allylic oxidation sites excluding steroid dienone is 5. The summed E-state index contributed by atoms with van der Waals surface area (Å²) in [5.74, 6) is 0. The number of hydrogen-bond donors (Lipinski definition) is 3. The van der Waals surface area contributed by atoms with E-state index in [0.29, 0.717) is 74.1 Å². The molecule has 16 bridgehead atoms. The molecule has 13 rings (SSSR count). The fourth-order valence-electron chi connectivity index (χ4n) is 7.98. The van der Waals surface area contributed by atoms with Crippen molar-refractivity contribution in [1.29, 1.82) is 0 Å². The molecule has 12 heteroatoms. The summed E-state index contributed by atoms with van der Waals surface area (Å²) in [6.45, 7) is 0. The summed E-state index contributed by atoms with van der Waals surface area (Å²) >= 11 is 0. The van der Waals surface area contributed by atoms with E-state index < -0.39 is 0 Å². The molecule has 0 saturated heterocycles. The van der Waals surface area contributed by atoms with Gasteiger partial charge in [0.15, 0.2) is 0 Å². The molecule has 7 aromatic rings. The van der Waals surface area contributed by atoms with Gasteiger partial charge in [0.1, 0.15) is 22.8 Å². The number of aromatic amines is 3. The zero-order valence-electron chi connectivity index (χ0n) is 30.4. The van der Waals surface area contributed by atoms with Gasteiger partial charge in [0.05, 0.1) is 73.4 Å². The molecule has 3 N–H and O–H groups in total. The minimum absolute atomic E-state index is 0.680. The monoisotopic (exact) mass is 746 g/mol. The van der Waals surface area contributed by atoms with E-state index in [1.807, 2.05) is 121 Å². The van der Waals surface area contributed by atoms with Crippen molar-refractivity contribution in [2.24, 2.45) is 15.0 Å². The summed E-state index contributed by atoms with van der Waals surface area (Å²) < 4.78 is 0. The maximum Gasteiger partial charge on any atom is 0.117 e. The Morgan fingerprint density at radius 2 is 1.05 bits per heavy atom. The summed E-state index contributed by atoms with van der Waals surface area (Å²) in [7, 11) is 0. The standard InChI is InChI=1S/C46H26N12/c1-2-24-14-28-6-10-32(50-28)18-40-44-43(39(53-40)17-31-9-5-27(49-31)13-23(1)47-24)55-35-21-37-38(22-36(35)56-44)58-46-42-20-34-12-8-30(52-34)16-26-4-3-25(48-26)15-29-7-11-33(51-29)19-41(54-42)45(46)57-37/h1-11,13-22,49-51H,12H2. The van der Waals surface area contributed by atoms with Crippen molar-refractivity contribution in [2.75, 3.05) is 0 Å². The molecule has 0 amide bonds. The lowest BCUT2D eigenvalue weighted by atomic mass is 10.1. The molecule has 0 saturated carbocycles. The number of hydrogen-bond acceptors (Lipinski definition) is 9. The van der Waals surface area contributed by atoms with E-state index in [2.05, 4.69) is 21.0 Å². The first kappa shape index (κ1) is 31.0. The number of fused-ring (bicyclic) bond motifs is 21. The van der Waals surface area contributed by atoms with Gasteiger partial charge in [0.2, 0.25) is 0 Å². The molecule has 0 unspecified atom stereocenters. The van der Waals surface area contributed by atoms with Gasteiger partial charge in [-0.05, 0) is 121 Å². The van der Waals surface area contributed by atoms with Crippen LogP contribution in [0.15, 0.2) is 130 Å². The number of H-pyrrole nitrogens is 3. The van der Waals surface area contributed by atoms with Gasteiger partial charge in [-0.25, -0.2) is 39.9 Å². The van der Waals surface area contributed by atoms with Crippen LogP contribution in [0, 0.1) is 0 Å². The smallest absolute Gasteiger partial charge is 0.117 e. The zero-order valence-corrected chi connectivity index (χ0v) is 30.4. The Balaban J connectivity index is 0.991. The van der Waals surface area contributed by atoms with E-state index in [0.717, 1.165) is 67.0 Å². The van der Waals surface area contributed by atoms with E-state index in [9.17, 15) is 0 Å². The second-order valence-corrected chi connectivity index (χ2v) is 14.7. The number of aromatic nitrogens is 9. The largest absolute Gasteiger partial charge is 0.355 e. The summed E-state index contributed by atoms with van der Waals surface area (Å²) in [6.07, 6.45) is 18.9. The summed E-state index contributed by atoms with van der Waals surface area (Å²) in [5, 5.41) is 1.83. The van der Waals surface area contributed by atoms with Crippen LogP contribution in [0.2, 0.25) is 0 Å². The number of nitrogens with one attached hydrogen (secondary N) is 3. The topological polar surface area (TPSA) is 162 Å². The van der Waals surface area contributed by atoms with Gasteiger partial charge in [-0.3, -0.25) is 4.99 Å². The van der Waals surface area contributed by atoms with E-state index in [1.165, 1.54) is 0 Å². The van der Waals surface area contributed by atoms with Crippen LogP contribution in [0.4, 0.5) is 0 Å². The highest BCUT2D eigenvalue weighted by Crippen LogP contribution is 2.36. The Kier molecular flexibility index (Phi) is 6.22. The van der Waals surface area contributed by atoms with Gasteiger partial charge in [-0.2, -0.15) is 0 Å². The van der Waals surface area contributed by atoms with Crippen molar-refractivity contribution in [3.8, 4) is 22.8 Å². The number of aliphatic imine (C=N–C) groups is 3. The number of rotatable bonds is 0. The molecule has 0 radical (unpaired) electrons. The predicted molar refractivity (Wildman–Crippen MR) is 229 cm³/mol. The Labute approximate surface area is 327 Å². The van der Waals surface area contributed by atoms with Crippen molar-refractivity contribution in [3.63, 3.8) is 0 Å². The molecular formula is C46H26N12. The fourth-order valence-corrected chi connectivity index (χ4v) is 7.98. The Morgan fingerprint density at radius 1 is 0.431 bits per heavy atom. The molecule has 0 spiro atoms. The highest BCUT2D eigenvalue weighted by Gasteiger charge is 2.26. The van der Waals surface area contributed by atoms with E-state index >= 15 is 0 Å². The average Bonchev–Trinajstić information content (AvgIpc) is 4.07. The number of nitrogens with zero attached hydrogens (tertiary/aromatic N) is 9. The molecule has 12 nitrogen and oxygen atoms in total. The third-order valence-electron chi connectivity index (χ3n) is 10.6. The maximum atomic E-state index is 5.20. The second-order valence-electron chi connectivity index (χ2n) is 14.7. The van der Waals surface area contributed by atoms with Crippen molar-refractivity contribution in [2.45, 2.75) is 6.42 Å². The molecule has 6 aromatic heterocycles. The van der Waals surface area contributed by atoms with Crippen molar-refractivity contribution < 1.29 is 0 Å². The summed E-state index contributed by atoms with van der Waals surface area (Å²) in [6, 6.07) is 24.2. The molecule has 0 fully saturated rings. The van der Waals surface area contributed by atoms with E-state index in [-0.39, 0.29) is 0 Å². The molecule has 0 aliphatic carbocycles. The summed E-state index contributed by atoms with van der Waals surface area (Å²) in [5.41, 5.74) is 17.3. The van der Waals surface area contributed by atoms with Crippen LogP contribution >= 0.6 is 0 Å². The quantitative estimate of drug-likeness (QED) is 0.141. The van der Waals surface area contributed by atoms with Gasteiger partial charge in [-0.15, -0.1) is 0 Å². The van der Waals surface area contributed by atoms with Crippen LogP contribution in [0.25, 0.3) is 96.9 Å². The van der Waals surface area contributed by atoms with Crippen LogP contribution in [0.3, 0.4) is 0 Å². The van der Waals surface area contributed by atoms with Gasteiger partial charge in [-0.1, -0.05) is 6.08 Å². The predicted octanol–water partition coefficient (Wildman–Crippen LogP) is 7.08. The normalized spacial score (nSPS) is 15.9. The first-order chi connectivity index (χ1) is 28.5. The Bertz CT molecular complexity index is 3650. The van der Waals surface area contributed by atoms with Crippen LogP contribution in [-0.2, 0) is 0 Å². The minimum atomic E-state index is 0.680.